The Balaban J connectivity index is 1.93. The summed E-state index contributed by atoms with van der Waals surface area (Å²) in [5.74, 6) is 1.72. The van der Waals surface area contributed by atoms with E-state index in [0.29, 0.717) is 12.0 Å². The SMILES string of the molecule is CCNC(CSc1cc(C)cc(C)n1)C1CCOC1. The van der Waals surface area contributed by atoms with Gasteiger partial charge in [0.15, 0.2) is 0 Å². The van der Waals surface area contributed by atoms with Crippen LogP contribution >= 0.6 is 11.8 Å². The third kappa shape index (κ3) is 4.48. The minimum absolute atomic E-state index is 0.528. The maximum atomic E-state index is 5.51. The van der Waals surface area contributed by atoms with Gasteiger partial charge in [0, 0.05) is 30.0 Å². The van der Waals surface area contributed by atoms with E-state index in [4.69, 9.17) is 4.74 Å². The first-order valence-electron chi connectivity index (χ1n) is 7.08. The molecule has 3 nitrogen and oxygen atoms in total. The molecule has 0 aliphatic carbocycles. The smallest absolute Gasteiger partial charge is 0.0966 e. The molecule has 2 atom stereocenters. The maximum Gasteiger partial charge on any atom is 0.0966 e. The summed E-state index contributed by atoms with van der Waals surface area (Å²) < 4.78 is 5.51. The third-order valence-corrected chi connectivity index (χ3v) is 4.52. The Morgan fingerprint density at radius 3 is 2.95 bits per heavy atom. The van der Waals surface area contributed by atoms with Gasteiger partial charge in [-0.2, -0.15) is 0 Å². The number of hydrogen-bond acceptors (Lipinski definition) is 4. The Hall–Kier alpha value is -0.580. The summed E-state index contributed by atoms with van der Waals surface area (Å²) in [5.41, 5.74) is 2.39. The predicted molar refractivity (Wildman–Crippen MR) is 80.8 cm³/mol. The number of hydrogen-bond donors (Lipinski definition) is 1. The van der Waals surface area contributed by atoms with Gasteiger partial charge in [-0.3, -0.25) is 0 Å². The van der Waals surface area contributed by atoms with Crippen molar-refractivity contribution in [2.24, 2.45) is 5.92 Å². The lowest BCUT2D eigenvalue weighted by Crippen LogP contribution is -2.38. The van der Waals surface area contributed by atoms with Crippen LogP contribution in [0.5, 0.6) is 0 Å². The van der Waals surface area contributed by atoms with E-state index in [9.17, 15) is 0 Å². The highest BCUT2D eigenvalue weighted by atomic mass is 32.2. The lowest BCUT2D eigenvalue weighted by atomic mass is 10.0. The zero-order valence-corrected chi connectivity index (χ0v) is 12.9. The molecule has 1 fully saturated rings. The molecule has 1 aliphatic heterocycles. The average Bonchev–Trinajstić information content (AvgIpc) is 2.87. The van der Waals surface area contributed by atoms with Crippen molar-refractivity contribution in [2.45, 2.75) is 38.3 Å². The molecule has 0 spiro atoms. The first kappa shape index (κ1) is 14.8. The third-order valence-electron chi connectivity index (χ3n) is 3.49. The van der Waals surface area contributed by atoms with Crippen LogP contribution in [0.3, 0.4) is 0 Å². The van der Waals surface area contributed by atoms with E-state index in [1.54, 1.807) is 0 Å². The predicted octanol–water partition coefficient (Wildman–Crippen LogP) is 2.81. The molecule has 1 aromatic heterocycles. The van der Waals surface area contributed by atoms with Gasteiger partial charge in [-0.25, -0.2) is 4.98 Å². The summed E-state index contributed by atoms with van der Waals surface area (Å²) in [7, 11) is 0. The van der Waals surface area contributed by atoms with Crippen molar-refractivity contribution >= 4 is 11.8 Å². The number of rotatable bonds is 6. The standard InChI is InChI=1S/C15H24N2OS/c1-4-16-14(13-5-6-18-9-13)10-19-15-8-11(2)7-12(3)17-15/h7-8,13-14,16H,4-6,9-10H2,1-3H3. The van der Waals surface area contributed by atoms with Gasteiger partial charge in [0.1, 0.15) is 0 Å². The second-order valence-electron chi connectivity index (χ2n) is 5.22. The summed E-state index contributed by atoms with van der Waals surface area (Å²) in [6.45, 7) is 9.19. The van der Waals surface area contributed by atoms with E-state index in [2.05, 4.69) is 43.2 Å². The van der Waals surface area contributed by atoms with Crippen LogP contribution in [0.1, 0.15) is 24.6 Å². The van der Waals surface area contributed by atoms with Gasteiger partial charge in [0.25, 0.3) is 0 Å². The van der Waals surface area contributed by atoms with Crippen molar-refractivity contribution in [3.63, 3.8) is 0 Å². The number of aromatic nitrogens is 1. The van der Waals surface area contributed by atoms with Crippen LogP contribution in [-0.2, 0) is 4.74 Å². The van der Waals surface area contributed by atoms with Crippen LogP contribution in [0.4, 0.5) is 0 Å². The van der Waals surface area contributed by atoms with E-state index in [1.165, 1.54) is 12.0 Å². The van der Waals surface area contributed by atoms with Crippen molar-refractivity contribution in [3.05, 3.63) is 23.4 Å². The Labute approximate surface area is 120 Å². The Morgan fingerprint density at radius 1 is 1.47 bits per heavy atom. The highest BCUT2D eigenvalue weighted by molar-refractivity contribution is 7.99. The van der Waals surface area contributed by atoms with Gasteiger partial charge in [0.05, 0.1) is 11.6 Å². The lowest BCUT2D eigenvalue weighted by Gasteiger charge is -2.22. The molecule has 2 rings (SSSR count). The normalized spacial score (nSPS) is 20.7. The van der Waals surface area contributed by atoms with Crippen LogP contribution in [0.15, 0.2) is 17.2 Å². The number of nitrogens with one attached hydrogen (secondary N) is 1. The zero-order chi connectivity index (χ0) is 13.7. The van der Waals surface area contributed by atoms with Gasteiger partial charge in [-0.1, -0.05) is 6.92 Å². The number of pyridine rings is 1. The largest absolute Gasteiger partial charge is 0.381 e. The Bertz CT molecular complexity index is 385. The van der Waals surface area contributed by atoms with Crippen molar-refractivity contribution in [3.8, 4) is 0 Å². The number of aryl methyl sites for hydroxylation is 2. The lowest BCUT2D eigenvalue weighted by molar-refractivity contribution is 0.179. The van der Waals surface area contributed by atoms with Gasteiger partial charge in [-0.05, 0) is 44.5 Å². The van der Waals surface area contributed by atoms with Gasteiger partial charge < -0.3 is 10.1 Å². The minimum Gasteiger partial charge on any atom is -0.381 e. The maximum absolute atomic E-state index is 5.51. The summed E-state index contributed by atoms with van der Waals surface area (Å²) >= 11 is 1.85. The topological polar surface area (TPSA) is 34.2 Å². The molecule has 2 heterocycles. The highest BCUT2D eigenvalue weighted by Crippen LogP contribution is 2.24. The van der Waals surface area contributed by atoms with Gasteiger partial charge in [0.2, 0.25) is 0 Å². The fourth-order valence-electron chi connectivity index (χ4n) is 2.55. The summed E-state index contributed by atoms with van der Waals surface area (Å²) in [4.78, 5) is 4.60. The number of thioether (sulfide) groups is 1. The first-order valence-corrected chi connectivity index (χ1v) is 8.07. The van der Waals surface area contributed by atoms with Crippen LogP contribution in [-0.4, -0.2) is 36.5 Å². The highest BCUT2D eigenvalue weighted by Gasteiger charge is 2.25. The van der Waals surface area contributed by atoms with Crippen LogP contribution in [0.2, 0.25) is 0 Å². The summed E-state index contributed by atoms with van der Waals surface area (Å²) in [5, 5.41) is 4.73. The van der Waals surface area contributed by atoms with E-state index in [0.717, 1.165) is 36.2 Å². The van der Waals surface area contributed by atoms with Crippen molar-refractivity contribution in [1.29, 1.82) is 0 Å². The molecule has 1 saturated heterocycles. The molecule has 0 saturated carbocycles. The summed E-state index contributed by atoms with van der Waals surface area (Å²) in [6, 6.07) is 4.82. The second-order valence-corrected chi connectivity index (χ2v) is 6.26. The van der Waals surface area contributed by atoms with Crippen LogP contribution < -0.4 is 5.32 Å². The number of ether oxygens (including phenoxy) is 1. The molecule has 0 bridgehead atoms. The van der Waals surface area contributed by atoms with E-state index in [1.807, 2.05) is 11.8 Å². The van der Waals surface area contributed by atoms with E-state index < -0.39 is 0 Å². The van der Waals surface area contributed by atoms with E-state index >= 15 is 0 Å². The quantitative estimate of drug-likeness (QED) is 0.813. The Morgan fingerprint density at radius 2 is 2.32 bits per heavy atom. The molecule has 2 unspecified atom stereocenters. The first-order chi connectivity index (χ1) is 9.19. The molecule has 19 heavy (non-hydrogen) atoms. The molecule has 0 radical (unpaired) electrons. The van der Waals surface area contributed by atoms with Crippen molar-refractivity contribution in [1.82, 2.24) is 10.3 Å². The molecule has 106 valence electrons. The van der Waals surface area contributed by atoms with Crippen LogP contribution in [0, 0.1) is 19.8 Å². The molecule has 0 aromatic carbocycles. The molecule has 0 amide bonds. The molecular weight excluding hydrogens is 256 g/mol. The number of nitrogens with zero attached hydrogens (tertiary/aromatic N) is 1. The van der Waals surface area contributed by atoms with Crippen molar-refractivity contribution < 1.29 is 4.74 Å². The average molecular weight is 280 g/mol. The van der Waals surface area contributed by atoms with Gasteiger partial charge in [-0.15, -0.1) is 11.8 Å². The molecule has 1 aliphatic rings. The summed E-state index contributed by atoms with van der Waals surface area (Å²) in [6.07, 6.45) is 1.18. The molecule has 1 aromatic rings. The Kier molecular flexibility index (Phi) is 5.67. The molecule has 1 N–H and O–H groups in total. The molecule has 4 heteroatoms. The minimum atomic E-state index is 0.528. The zero-order valence-electron chi connectivity index (χ0n) is 12.1. The van der Waals surface area contributed by atoms with E-state index in [-0.39, 0.29) is 0 Å². The fourth-order valence-corrected chi connectivity index (χ4v) is 3.77. The van der Waals surface area contributed by atoms with Crippen molar-refractivity contribution in [2.75, 3.05) is 25.5 Å². The fraction of sp³-hybridized carbons (Fsp3) is 0.667. The second kappa shape index (κ2) is 7.27. The van der Waals surface area contributed by atoms with Crippen LogP contribution in [0.25, 0.3) is 0 Å². The monoisotopic (exact) mass is 280 g/mol. The van der Waals surface area contributed by atoms with Gasteiger partial charge >= 0.3 is 0 Å². The molecular formula is C15H24N2OS.